The van der Waals surface area contributed by atoms with Crippen molar-refractivity contribution in [1.82, 2.24) is 5.32 Å². The quantitative estimate of drug-likeness (QED) is 0.0250. The Bertz CT molecular complexity index is 2560. The summed E-state index contributed by atoms with van der Waals surface area (Å²) in [7, 11) is 0.508. The molecule has 0 bridgehead atoms. The van der Waals surface area contributed by atoms with Crippen LogP contribution in [0.5, 0.6) is 0 Å². The van der Waals surface area contributed by atoms with E-state index in [2.05, 4.69) is 91.6 Å². The van der Waals surface area contributed by atoms with Gasteiger partial charge in [-0.2, -0.15) is 0 Å². The van der Waals surface area contributed by atoms with Gasteiger partial charge in [0.15, 0.2) is 25.2 Å². The number of carbonyl (C=O) groups excluding carboxylic acids is 1. The largest absolute Gasteiger partial charge is 0.463 e. The molecule has 4 aromatic carbocycles. The van der Waals surface area contributed by atoms with E-state index in [9.17, 15) is 15.4 Å². The van der Waals surface area contributed by atoms with Gasteiger partial charge in [0.05, 0.1) is 68.5 Å². The number of rotatable bonds is 22. The number of hydrogen-bond donors (Lipinski definition) is 2. The van der Waals surface area contributed by atoms with Gasteiger partial charge in [-0.1, -0.05) is 175 Å². The highest BCUT2D eigenvalue weighted by Crippen LogP contribution is 2.42. The van der Waals surface area contributed by atoms with Gasteiger partial charge in [0.25, 0.3) is 8.32 Å². The number of aliphatic hydroxyl groups excluding tert-OH is 1. The van der Waals surface area contributed by atoms with Gasteiger partial charge in [-0.3, -0.25) is 4.79 Å². The monoisotopic (exact) mass is 1140 g/mol. The number of likely N-dealkylation sites (N-methyl/N-ethyl adjacent to an activating group) is 1. The highest BCUT2D eigenvalue weighted by molar-refractivity contribution is 6.99. The second kappa shape index (κ2) is 28.3. The summed E-state index contributed by atoms with van der Waals surface area (Å²) in [6, 6.07) is 39.4. The average Bonchev–Trinajstić information content (AvgIpc) is 3.48. The van der Waals surface area contributed by atoms with Crippen LogP contribution >= 0.6 is 0 Å². The number of nitrogens with zero attached hydrogens (tertiary/aromatic N) is 3. The van der Waals surface area contributed by atoms with Crippen molar-refractivity contribution in [2.45, 2.75) is 186 Å². The number of azide groups is 1. The summed E-state index contributed by atoms with van der Waals surface area (Å²) in [6.45, 7) is 20.1. The minimum absolute atomic E-state index is 0.167. The molecule has 4 aromatic rings. The lowest BCUT2D eigenvalue weighted by Gasteiger charge is -2.51. The molecule has 4 aliphatic rings. The standard InChI is InChI=1S/C62H86N4O14Si/c1-37-50(64-11)60(69-12)76-49(36-73-81(62(8,9)10,46-29-21-15-22-30-46)47-31-23-16-24-32-47)53(37)78-59-40(4)56(72-34-45-27-19-14-20-28-45)57(42(6)75-59)80-61-51(65-66-63)38(2)54(48(77-61)35-70-43(7)67)79-58-39(3)55(52(68)41(5)74-58)71-33-44-25-17-13-18-26-44/h13-32,37-42,48-61,64,68H,33-36H2,1-12H3/t37-,38-,39?,40?,41?,42?,48?,49?,50?,51?,52-,53+,54+,55+,56+,57-,58+,59+,60+,61-/m1/s1. The Labute approximate surface area is 479 Å². The van der Waals surface area contributed by atoms with Crippen LogP contribution < -0.4 is 15.7 Å². The van der Waals surface area contributed by atoms with Crippen molar-refractivity contribution in [2.75, 3.05) is 27.4 Å². The maximum absolute atomic E-state index is 12.5. The van der Waals surface area contributed by atoms with Crippen LogP contribution in [0.15, 0.2) is 126 Å². The first-order chi connectivity index (χ1) is 38.9. The van der Waals surface area contributed by atoms with E-state index in [4.69, 9.17) is 56.5 Å². The summed E-state index contributed by atoms with van der Waals surface area (Å²) in [5, 5.41) is 21.0. The van der Waals surface area contributed by atoms with Crippen molar-refractivity contribution in [2.24, 2.45) is 28.8 Å². The third kappa shape index (κ3) is 14.3. The molecule has 8 rings (SSSR count). The summed E-state index contributed by atoms with van der Waals surface area (Å²) in [4.78, 5) is 15.8. The predicted molar refractivity (Wildman–Crippen MR) is 306 cm³/mol. The topological polar surface area (TPSA) is 209 Å². The van der Waals surface area contributed by atoms with Crippen molar-refractivity contribution in [1.29, 1.82) is 0 Å². The number of methoxy groups -OCH3 is 1. The van der Waals surface area contributed by atoms with Crippen molar-refractivity contribution < 1.29 is 66.4 Å². The molecule has 20 atom stereocenters. The number of ether oxygens (including phenoxy) is 11. The first kappa shape index (κ1) is 62.4. The zero-order chi connectivity index (χ0) is 58.0. The van der Waals surface area contributed by atoms with Crippen molar-refractivity contribution in [3.05, 3.63) is 143 Å². The minimum Gasteiger partial charge on any atom is -0.463 e. The van der Waals surface area contributed by atoms with Gasteiger partial charge in [-0.25, -0.2) is 0 Å². The average molecular weight is 1140 g/mol. The fourth-order valence-corrected chi connectivity index (χ4v) is 16.9. The normalized spacial score (nSPS) is 34.7. The summed E-state index contributed by atoms with van der Waals surface area (Å²) in [5.41, 5.74) is 12.1. The van der Waals surface area contributed by atoms with E-state index < -0.39 is 124 Å². The van der Waals surface area contributed by atoms with E-state index >= 15 is 0 Å². The third-order valence-electron chi connectivity index (χ3n) is 16.8. The molecule has 8 unspecified atom stereocenters. The summed E-state index contributed by atoms with van der Waals surface area (Å²) < 4.78 is 80.7. The van der Waals surface area contributed by atoms with Gasteiger partial charge in [0.1, 0.15) is 31.0 Å². The SMILES string of the molecule is CNC1[C@@H](OC)OC(CO[Si](c2ccccc2)(c2ccccc2)C(C)(C)C)[C@@H](O[C@@H]2OC(C)[C@@H](O[C@H]3OC(COC(C)=O)[C@@H](O[C@@H]4OC(C)[C@@H](O)[C@@H](OCc5ccccc5)C4C)[C@H](C)C3N=[N+]=[N-])[C@@H](OCc3ccccc3)C2C)[C@@H]1C. The van der Waals surface area contributed by atoms with Gasteiger partial charge in [0, 0.05) is 36.7 Å². The van der Waals surface area contributed by atoms with E-state index in [-0.39, 0.29) is 43.4 Å². The highest BCUT2D eigenvalue weighted by Gasteiger charge is 2.56. The molecule has 19 heteroatoms. The van der Waals surface area contributed by atoms with E-state index in [1.165, 1.54) is 6.92 Å². The molecule has 4 saturated heterocycles. The van der Waals surface area contributed by atoms with Gasteiger partial charge < -0.3 is 67.0 Å². The van der Waals surface area contributed by atoms with Crippen LogP contribution in [-0.2, 0) is 74.5 Å². The molecule has 18 nitrogen and oxygen atoms in total. The van der Waals surface area contributed by atoms with Gasteiger partial charge in [-0.05, 0) is 58.9 Å². The van der Waals surface area contributed by atoms with Crippen LogP contribution in [0.1, 0.15) is 80.4 Å². The molecule has 4 aliphatic heterocycles. The Balaban J connectivity index is 1.07. The first-order valence-corrected chi connectivity index (χ1v) is 30.5. The van der Waals surface area contributed by atoms with Crippen LogP contribution in [0, 0.1) is 23.7 Å². The molecule has 0 saturated carbocycles. The fraction of sp³-hybridized carbons (Fsp3) is 0.597. The molecule has 0 aromatic heterocycles. The Morgan fingerprint density at radius 2 is 1.09 bits per heavy atom. The van der Waals surface area contributed by atoms with E-state index in [1.807, 2.05) is 108 Å². The maximum Gasteiger partial charge on any atom is 0.302 e. The molecule has 0 spiro atoms. The Hall–Kier alpha value is -4.64. The van der Waals surface area contributed by atoms with Crippen LogP contribution in [0.3, 0.4) is 0 Å². The molecule has 0 aliphatic carbocycles. The van der Waals surface area contributed by atoms with E-state index in [1.54, 1.807) is 14.0 Å². The predicted octanol–water partition coefficient (Wildman–Crippen LogP) is 8.21. The van der Waals surface area contributed by atoms with Crippen LogP contribution in [-0.4, -0.2) is 145 Å². The highest BCUT2D eigenvalue weighted by atomic mass is 28.4. The van der Waals surface area contributed by atoms with Crippen molar-refractivity contribution in [3.8, 4) is 0 Å². The minimum atomic E-state index is -3.03. The lowest BCUT2D eigenvalue weighted by molar-refractivity contribution is -0.362. The fourth-order valence-electron chi connectivity index (χ4n) is 12.3. The molecule has 0 amide bonds. The smallest absolute Gasteiger partial charge is 0.302 e. The number of hydrogen-bond acceptors (Lipinski definition) is 16. The number of aliphatic hydroxyl groups is 1. The van der Waals surface area contributed by atoms with E-state index in [0.717, 1.165) is 21.5 Å². The number of esters is 1. The lowest BCUT2D eigenvalue weighted by Crippen LogP contribution is -2.68. The molecule has 4 fully saturated rings. The Morgan fingerprint density at radius 1 is 0.617 bits per heavy atom. The van der Waals surface area contributed by atoms with Gasteiger partial charge >= 0.3 is 5.97 Å². The first-order valence-electron chi connectivity index (χ1n) is 28.6. The van der Waals surface area contributed by atoms with Gasteiger partial charge in [0.2, 0.25) is 0 Å². The Morgan fingerprint density at radius 3 is 1.59 bits per heavy atom. The number of nitrogens with one attached hydrogen (secondary N) is 1. The zero-order valence-electron chi connectivity index (χ0n) is 49.0. The second-order valence-electron chi connectivity index (χ2n) is 23.3. The lowest BCUT2D eigenvalue weighted by atomic mass is 9.87. The van der Waals surface area contributed by atoms with E-state index in [0.29, 0.717) is 0 Å². The summed E-state index contributed by atoms with van der Waals surface area (Å²) >= 11 is 0. The number of carbonyl (C=O) groups is 1. The molecule has 4 heterocycles. The molecule has 2 N–H and O–H groups in total. The summed E-state index contributed by atoms with van der Waals surface area (Å²) in [6.07, 6.45) is -10.9. The van der Waals surface area contributed by atoms with Crippen molar-refractivity contribution in [3.63, 3.8) is 0 Å². The maximum atomic E-state index is 12.5. The van der Waals surface area contributed by atoms with Crippen LogP contribution in [0.25, 0.3) is 10.4 Å². The molecule has 0 radical (unpaired) electrons. The third-order valence-corrected chi connectivity index (χ3v) is 21.8. The second-order valence-corrected chi connectivity index (χ2v) is 27.6. The number of benzene rings is 4. The van der Waals surface area contributed by atoms with Crippen LogP contribution in [0.4, 0.5) is 0 Å². The molecular weight excluding hydrogens is 1050 g/mol. The Kier molecular flexibility index (Phi) is 21.8. The molecular formula is C62H86N4O14Si. The van der Waals surface area contributed by atoms with Crippen molar-refractivity contribution >= 4 is 24.7 Å². The molecule has 81 heavy (non-hydrogen) atoms. The zero-order valence-corrected chi connectivity index (χ0v) is 50.0. The summed E-state index contributed by atoms with van der Waals surface area (Å²) in [5.74, 6) is -2.22. The van der Waals surface area contributed by atoms with Gasteiger partial charge in [-0.15, -0.1) is 0 Å². The molecule has 442 valence electrons. The van der Waals surface area contributed by atoms with Crippen LogP contribution in [0.2, 0.25) is 5.04 Å².